The van der Waals surface area contributed by atoms with Crippen molar-refractivity contribution in [3.8, 4) is 6.07 Å². The van der Waals surface area contributed by atoms with Crippen molar-refractivity contribution in [2.24, 2.45) is 5.92 Å². The molecule has 0 aromatic rings. The summed E-state index contributed by atoms with van der Waals surface area (Å²) in [5, 5.41) is 8.70. The van der Waals surface area contributed by atoms with E-state index in [2.05, 4.69) is 6.07 Å². The molecule has 1 rings (SSSR count). The summed E-state index contributed by atoms with van der Waals surface area (Å²) < 4.78 is 5.51. The van der Waals surface area contributed by atoms with Crippen LogP contribution in [0.3, 0.4) is 0 Å². The van der Waals surface area contributed by atoms with Crippen LogP contribution in [0.1, 0.15) is 33.1 Å². The Morgan fingerprint density at radius 1 is 1.56 bits per heavy atom. The van der Waals surface area contributed by atoms with Crippen molar-refractivity contribution < 1.29 is 9.53 Å². The minimum absolute atomic E-state index is 0.0371. The van der Waals surface area contributed by atoms with Crippen molar-refractivity contribution in [3.05, 3.63) is 0 Å². The molecule has 0 N–H and O–H groups in total. The van der Waals surface area contributed by atoms with Gasteiger partial charge < -0.3 is 9.64 Å². The number of nitrogens with zero attached hydrogens (tertiary/aromatic N) is 2. The maximum atomic E-state index is 12.2. The number of amides is 1. The summed E-state index contributed by atoms with van der Waals surface area (Å²) in [7, 11) is 0. The summed E-state index contributed by atoms with van der Waals surface area (Å²) in [6, 6.07) is 2.05. The van der Waals surface area contributed by atoms with E-state index in [1.807, 2.05) is 13.8 Å². The lowest BCUT2D eigenvalue weighted by molar-refractivity contribution is -0.136. The fourth-order valence-corrected chi connectivity index (χ4v) is 2.19. The maximum Gasteiger partial charge on any atom is 0.229 e. The van der Waals surface area contributed by atoms with Gasteiger partial charge in [0.1, 0.15) is 6.54 Å². The first kappa shape index (κ1) is 13.0. The van der Waals surface area contributed by atoms with E-state index in [0.29, 0.717) is 13.2 Å². The monoisotopic (exact) mass is 224 g/mol. The summed E-state index contributed by atoms with van der Waals surface area (Å²) in [5.74, 6) is 0.0534. The van der Waals surface area contributed by atoms with Crippen LogP contribution in [-0.2, 0) is 9.53 Å². The van der Waals surface area contributed by atoms with Gasteiger partial charge in [-0.2, -0.15) is 5.26 Å². The summed E-state index contributed by atoms with van der Waals surface area (Å²) in [6.45, 7) is 5.57. The number of hydrogen-bond donors (Lipinski definition) is 0. The molecule has 1 amide bonds. The van der Waals surface area contributed by atoms with Crippen LogP contribution in [0, 0.1) is 17.2 Å². The van der Waals surface area contributed by atoms with Crippen LogP contribution in [0.5, 0.6) is 0 Å². The lowest BCUT2D eigenvalue weighted by atomic mass is 9.98. The molecule has 0 radical (unpaired) electrons. The Morgan fingerprint density at radius 2 is 2.31 bits per heavy atom. The second kappa shape index (κ2) is 6.49. The van der Waals surface area contributed by atoms with Crippen LogP contribution < -0.4 is 0 Å². The largest absolute Gasteiger partial charge is 0.377 e. The zero-order chi connectivity index (χ0) is 12.0. The first-order valence-corrected chi connectivity index (χ1v) is 6.01. The minimum atomic E-state index is -0.0371. The third kappa shape index (κ3) is 2.96. The molecule has 0 aromatic heterocycles. The van der Waals surface area contributed by atoms with Gasteiger partial charge in [-0.3, -0.25) is 4.79 Å². The van der Waals surface area contributed by atoms with Gasteiger partial charge in [0.15, 0.2) is 0 Å². The van der Waals surface area contributed by atoms with E-state index in [1.165, 1.54) is 0 Å². The van der Waals surface area contributed by atoms with Crippen LogP contribution in [-0.4, -0.2) is 36.6 Å². The van der Waals surface area contributed by atoms with E-state index < -0.39 is 0 Å². The molecule has 1 saturated heterocycles. The predicted molar refractivity (Wildman–Crippen MR) is 60.6 cm³/mol. The number of nitriles is 1. The molecular formula is C12H20N2O2. The molecule has 0 bridgehead atoms. The van der Waals surface area contributed by atoms with Crippen molar-refractivity contribution in [2.75, 3.05) is 19.7 Å². The standard InChI is InChI=1S/C12H20N2O2/c1-3-7-14(8-6-13)12(15)10-5-9-16-11(10)4-2/h10-11H,3-5,7-9H2,1-2H3. The Balaban J connectivity index is 2.62. The molecule has 1 aliphatic rings. The van der Waals surface area contributed by atoms with E-state index in [9.17, 15) is 4.79 Å². The van der Waals surface area contributed by atoms with Gasteiger partial charge in [-0.15, -0.1) is 0 Å². The smallest absolute Gasteiger partial charge is 0.229 e. The molecular weight excluding hydrogens is 204 g/mol. The Morgan fingerprint density at radius 3 is 2.88 bits per heavy atom. The normalized spacial score (nSPS) is 24.1. The Labute approximate surface area is 97.2 Å². The summed E-state index contributed by atoms with van der Waals surface area (Å²) in [5.41, 5.74) is 0. The lowest BCUT2D eigenvalue weighted by Gasteiger charge is -2.24. The Kier molecular flexibility index (Phi) is 5.27. The average molecular weight is 224 g/mol. The highest BCUT2D eigenvalue weighted by atomic mass is 16.5. The van der Waals surface area contributed by atoms with Crippen molar-refractivity contribution in [1.82, 2.24) is 4.90 Å². The van der Waals surface area contributed by atoms with Gasteiger partial charge in [0.05, 0.1) is 18.1 Å². The zero-order valence-corrected chi connectivity index (χ0v) is 10.1. The van der Waals surface area contributed by atoms with Gasteiger partial charge in [-0.25, -0.2) is 0 Å². The van der Waals surface area contributed by atoms with Gasteiger partial charge in [0.25, 0.3) is 0 Å². The Hall–Kier alpha value is -1.08. The first-order chi connectivity index (χ1) is 7.74. The predicted octanol–water partition coefficient (Wildman–Crippen LogP) is 1.56. The second-order valence-corrected chi connectivity index (χ2v) is 4.13. The third-order valence-electron chi connectivity index (χ3n) is 3.00. The van der Waals surface area contributed by atoms with Gasteiger partial charge >= 0.3 is 0 Å². The molecule has 2 unspecified atom stereocenters. The summed E-state index contributed by atoms with van der Waals surface area (Å²) in [4.78, 5) is 13.8. The average Bonchev–Trinajstić information content (AvgIpc) is 2.75. The van der Waals surface area contributed by atoms with Crippen LogP contribution in [0.4, 0.5) is 0 Å². The molecule has 2 atom stereocenters. The molecule has 90 valence electrons. The van der Waals surface area contributed by atoms with E-state index in [0.717, 1.165) is 19.3 Å². The third-order valence-corrected chi connectivity index (χ3v) is 3.00. The highest BCUT2D eigenvalue weighted by Crippen LogP contribution is 2.25. The summed E-state index contributed by atoms with van der Waals surface area (Å²) in [6.07, 6.45) is 2.59. The van der Waals surface area contributed by atoms with Gasteiger partial charge in [0.2, 0.25) is 5.91 Å². The van der Waals surface area contributed by atoms with Gasteiger partial charge in [-0.05, 0) is 19.3 Å². The molecule has 1 fully saturated rings. The second-order valence-electron chi connectivity index (χ2n) is 4.13. The molecule has 4 heteroatoms. The number of rotatable bonds is 5. The molecule has 16 heavy (non-hydrogen) atoms. The highest BCUT2D eigenvalue weighted by Gasteiger charge is 2.35. The molecule has 0 aromatic carbocycles. The quantitative estimate of drug-likeness (QED) is 0.666. The number of ether oxygens (including phenoxy) is 1. The van der Waals surface area contributed by atoms with Gasteiger partial charge in [0, 0.05) is 13.2 Å². The number of carbonyl (C=O) groups excluding carboxylic acids is 1. The molecule has 1 aliphatic heterocycles. The van der Waals surface area contributed by atoms with Crippen molar-refractivity contribution in [1.29, 1.82) is 5.26 Å². The molecule has 0 saturated carbocycles. The highest BCUT2D eigenvalue weighted by molar-refractivity contribution is 5.80. The topological polar surface area (TPSA) is 53.3 Å². The van der Waals surface area contributed by atoms with Crippen LogP contribution in [0.25, 0.3) is 0 Å². The SMILES string of the molecule is CCCN(CC#N)C(=O)C1CCOC1CC. The summed E-state index contributed by atoms with van der Waals surface area (Å²) >= 11 is 0. The van der Waals surface area contributed by atoms with Crippen LogP contribution >= 0.6 is 0 Å². The van der Waals surface area contributed by atoms with Gasteiger partial charge in [-0.1, -0.05) is 13.8 Å². The first-order valence-electron chi connectivity index (χ1n) is 6.01. The molecule has 4 nitrogen and oxygen atoms in total. The maximum absolute atomic E-state index is 12.2. The molecule has 0 aliphatic carbocycles. The van der Waals surface area contributed by atoms with Crippen LogP contribution in [0.2, 0.25) is 0 Å². The zero-order valence-electron chi connectivity index (χ0n) is 10.1. The minimum Gasteiger partial charge on any atom is -0.377 e. The fraction of sp³-hybridized carbons (Fsp3) is 0.833. The lowest BCUT2D eigenvalue weighted by Crippen LogP contribution is -2.39. The van der Waals surface area contributed by atoms with Crippen LogP contribution in [0.15, 0.2) is 0 Å². The van der Waals surface area contributed by atoms with Crippen molar-refractivity contribution >= 4 is 5.91 Å². The van der Waals surface area contributed by atoms with E-state index in [4.69, 9.17) is 10.00 Å². The van der Waals surface area contributed by atoms with E-state index >= 15 is 0 Å². The number of carbonyl (C=O) groups is 1. The fourth-order valence-electron chi connectivity index (χ4n) is 2.19. The van der Waals surface area contributed by atoms with E-state index in [-0.39, 0.29) is 24.5 Å². The molecule has 1 heterocycles. The van der Waals surface area contributed by atoms with E-state index in [1.54, 1.807) is 4.90 Å². The van der Waals surface area contributed by atoms with Crippen molar-refractivity contribution in [2.45, 2.75) is 39.2 Å². The van der Waals surface area contributed by atoms with Crippen molar-refractivity contribution in [3.63, 3.8) is 0 Å². The number of hydrogen-bond acceptors (Lipinski definition) is 3. The Bertz CT molecular complexity index is 273. The molecule has 0 spiro atoms.